The normalized spacial score (nSPS) is 11.9. The Morgan fingerprint density at radius 1 is 1.03 bits per heavy atom. The van der Waals surface area contributed by atoms with Crippen molar-refractivity contribution in [2.24, 2.45) is 0 Å². The molecular formula is C24H28O6. The molecule has 0 fully saturated rings. The molecule has 30 heavy (non-hydrogen) atoms. The standard InChI is InChI=1S/C24H28O6/c1-12(2)6-7-14-13(3)10-17-20(22(14)27)23(28)19-15(8-9-24(4,5)29)21(26)16(25)11-18(19)30-17/h6,10-11,25-27,29H,7-9H2,1-5H3. The average molecular weight is 412 g/mol. The van der Waals surface area contributed by atoms with Gasteiger partial charge < -0.3 is 24.8 Å². The lowest BCUT2D eigenvalue weighted by molar-refractivity contribution is 0.0713. The number of hydrogen-bond donors (Lipinski definition) is 4. The summed E-state index contributed by atoms with van der Waals surface area (Å²) in [6.45, 7) is 8.99. The van der Waals surface area contributed by atoms with E-state index in [2.05, 4.69) is 0 Å². The highest BCUT2D eigenvalue weighted by atomic mass is 16.3. The van der Waals surface area contributed by atoms with E-state index in [9.17, 15) is 25.2 Å². The molecular weight excluding hydrogens is 384 g/mol. The summed E-state index contributed by atoms with van der Waals surface area (Å²) in [7, 11) is 0. The minimum absolute atomic E-state index is 0.0415. The lowest BCUT2D eigenvalue weighted by atomic mass is 9.94. The Labute approximate surface area is 174 Å². The summed E-state index contributed by atoms with van der Waals surface area (Å²) >= 11 is 0. The van der Waals surface area contributed by atoms with E-state index in [0.29, 0.717) is 12.0 Å². The van der Waals surface area contributed by atoms with Crippen LogP contribution in [0.3, 0.4) is 0 Å². The highest BCUT2D eigenvalue weighted by Crippen LogP contribution is 2.39. The zero-order valence-electron chi connectivity index (χ0n) is 18.0. The van der Waals surface area contributed by atoms with Crippen LogP contribution >= 0.6 is 0 Å². The fourth-order valence-electron chi connectivity index (χ4n) is 3.61. The Hall–Kier alpha value is -2.99. The number of fused-ring (bicyclic) bond motifs is 2. The van der Waals surface area contributed by atoms with Crippen LogP contribution in [0.1, 0.15) is 50.8 Å². The average Bonchev–Trinajstić information content (AvgIpc) is 2.61. The van der Waals surface area contributed by atoms with Crippen molar-refractivity contribution in [3.8, 4) is 17.2 Å². The van der Waals surface area contributed by atoms with E-state index < -0.39 is 22.5 Å². The van der Waals surface area contributed by atoms with Gasteiger partial charge in [-0.25, -0.2) is 0 Å². The van der Waals surface area contributed by atoms with Crippen molar-refractivity contribution in [3.63, 3.8) is 0 Å². The van der Waals surface area contributed by atoms with Gasteiger partial charge in [-0.15, -0.1) is 0 Å². The van der Waals surface area contributed by atoms with Crippen molar-refractivity contribution < 1.29 is 24.8 Å². The highest BCUT2D eigenvalue weighted by molar-refractivity contribution is 5.97. The second-order valence-electron chi connectivity index (χ2n) is 8.72. The van der Waals surface area contributed by atoms with Crippen molar-refractivity contribution in [1.29, 1.82) is 0 Å². The smallest absolute Gasteiger partial charge is 0.204 e. The first kappa shape index (κ1) is 21.7. The third-order valence-electron chi connectivity index (χ3n) is 5.31. The van der Waals surface area contributed by atoms with Gasteiger partial charge in [-0.1, -0.05) is 11.6 Å². The molecule has 2 aromatic carbocycles. The number of aryl methyl sites for hydroxylation is 2. The van der Waals surface area contributed by atoms with Crippen LogP contribution in [0.25, 0.3) is 21.9 Å². The SMILES string of the molecule is CC(C)=CCc1c(C)cc2oc3cc(O)c(O)c(CCC(C)(C)O)c3c(=O)c2c1O. The maximum absolute atomic E-state index is 13.4. The molecule has 0 bridgehead atoms. The van der Waals surface area contributed by atoms with Crippen molar-refractivity contribution in [2.75, 3.05) is 0 Å². The van der Waals surface area contributed by atoms with Gasteiger partial charge in [0.15, 0.2) is 11.5 Å². The summed E-state index contributed by atoms with van der Waals surface area (Å²) in [5.41, 5.74) is 1.51. The molecule has 0 atom stereocenters. The molecule has 0 aliphatic heterocycles. The summed E-state index contributed by atoms with van der Waals surface area (Å²) in [6.07, 6.45) is 2.84. The zero-order valence-corrected chi connectivity index (χ0v) is 18.0. The molecule has 0 saturated carbocycles. The Morgan fingerprint density at radius 3 is 2.27 bits per heavy atom. The molecule has 6 heteroatoms. The van der Waals surface area contributed by atoms with Gasteiger partial charge in [0.05, 0.1) is 11.0 Å². The van der Waals surface area contributed by atoms with Crippen molar-refractivity contribution in [3.05, 3.63) is 50.7 Å². The molecule has 4 N–H and O–H groups in total. The van der Waals surface area contributed by atoms with Crippen LogP contribution in [0.2, 0.25) is 0 Å². The van der Waals surface area contributed by atoms with Gasteiger partial charge >= 0.3 is 0 Å². The number of allylic oxidation sites excluding steroid dienone is 2. The van der Waals surface area contributed by atoms with Crippen LogP contribution in [0, 0.1) is 6.92 Å². The number of rotatable bonds is 5. The Bertz CT molecular complexity index is 1220. The molecule has 6 nitrogen and oxygen atoms in total. The number of aliphatic hydroxyl groups is 1. The number of phenolic OH excluding ortho intramolecular Hbond substituents is 3. The molecule has 0 aliphatic carbocycles. The third-order valence-corrected chi connectivity index (χ3v) is 5.31. The molecule has 0 saturated heterocycles. The second-order valence-corrected chi connectivity index (χ2v) is 8.72. The van der Waals surface area contributed by atoms with Crippen LogP contribution < -0.4 is 5.43 Å². The number of aromatic hydroxyl groups is 3. The highest BCUT2D eigenvalue weighted by Gasteiger charge is 2.23. The first-order valence-corrected chi connectivity index (χ1v) is 9.92. The largest absolute Gasteiger partial charge is 0.507 e. The predicted molar refractivity (Wildman–Crippen MR) is 117 cm³/mol. The van der Waals surface area contributed by atoms with E-state index in [1.54, 1.807) is 19.9 Å². The molecule has 0 radical (unpaired) electrons. The molecule has 0 amide bonds. The summed E-state index contributed by atoms with van der Waals surface area (Å²) in [4.78, 5) is 13.4. The third kappa shape index (κ3) is 4.00. The van der Waals surface area contributed by atoms with Gasteiger partial charge in [0.25, 0.3) is 0 Å². The summed E-state index contributed by atoms with van der Waals surface area (Å²) in [6, 6.07) is 2.90. The van der Waals surface area contributed by atoms with Gasteiger partial charge in [0, 0.05) is 17.2 Å². The molecule has 0 unspecified atom stereocenters. The fourth-order valence-corrected chi connectivity index (χ4v) is 3.61. The molecule has 160 valence electrons. The van der Waals surface area contributed by atoms with E-state index >= 15 is 0 Å². The maximum Gasteiger partial charge on any atom is 0.204 e. The minimum Gasteiger partial charge on any atom is -0.507 e. The van der Waals surface area contributed by atoms with E-state index in [1.165, 1.54) is 6.07 Å². The van der Waals surface area contributed by atoms with Gasteiger partial charge in [0.1, 0.15) is 22.3 Å². The Balaban J connectivity index is 2.37. The van der Waals surface area contributed by atoms with Crippen molar-refractivity contribution in [1.82, 2.24) is 0 Å². The first-order chi connectivity index (χ1) is 13.9. The van der Waals surface area contributed by atoms with Gasteiger partial charge in [0.2, 0.25) is 5.43 Å². The number of benzene rings is 2. The van der Waals surface area contributed by atoms with Crippen LogP contribution in [0.5, 0.6) is 17.2 Å². The molecule has 3 aromatic rings. The molecule has 3 rings (SSSR count). The van der Waals surface area contributed by atoms with Crippen molar-refractivity contribution in [2.45, 2.75) is 59.5 Å². The lowest BCUT2D eigenvalue weighted by Gasteiger charge is -2.18. The lowest BCUT2D eigenvalue weighted by Crippen LogP contribution is -2.19. The van der Waals surface area contributed by atoms with Gasteiger partial charge in [-0.05, 0) is 65.5 Å². The molecule has 0 spiro atoms. The second kappa shape index (κ2) is 7.69. The number of hydrogen-bond acceptors (Lipinski definition) is 6. The maximum atomic E-state index is 13.4. The quantitative estimate of drug-likeness (QED) is 0.277. The first-order valence-electron chi connectivity index (χ1n) is 9.92. The number of phenols is 3. The van der Waals surface area contributed by atoms with Crippen molar-refractivity contribution >= 4 is 21.9 Å². The topological polar surface area (TPSA) is 111 Å². The predicted octanol–water partition coefficient (Wildman–Crippen LogP) is 4.58. The van der Waals surface area contributed by atoms with Crippen LogP contribution in [0.4, 0.5) is 0 Å². The zero-order chi connectivity index (χ0) is 22.4. The van der Waals surface area contributed by atoms with E-state index in [1.807, 2.05) is 26.8 Å². The molecule has 1 aromatic heterocycles. The Kier molecular flexibility index (Phi) is 5.56. The summed E-state index contributed by atoms with van der Waals surface area (Å²) < 4.78 is 5.87. The minimum atomic E-state index is -1.03. The van der Waals surface area contributed by atoms with Gasteiger partial charge in [-0.2, -0.15) is 0 Å². The summed E-state index contributed by atoms with van der Waals surface area (Å²) in [5, 5.41) is 41.7. The van der Waals surface area contributed by atoms with E-state index in [4.69, 9.17) is 4.42 Å². The summed E-state index contributed by atoms with van der Waals surface area (Å²) in [5.74, 6) is -0.967. The van der Waals surface area contributed by atoms with Crippen LogP contribution in [-0.2, 0) is 12.8 Å². The Morgan fingerprint density at radius 2 is 1.67 bits per heavy atom. The van der Waals surface area contributed by atoms with Crippen LogP contribution in [0.15, 0.2) is 33.0 Å². The van der Waals surface area contributed by atoms with E-state index in [0.717, 1.165) is 11.1 Å². The fraction of sp³-hybridized carbons (Fsp3) is 0.375. The molecule has 1 heterocycles. The van der Waals surface area contributed by atoms with E-state index in [-0.39, 0.29) is 46.1 Å². The van der Waals surface area contributed by atoms with Gasteiger partial charge in [-0.3, -0.25) is 4.79 Å². The molecule has 0 aliphatic rings. The monoisotopic (exact) mass is 412 g/mol. The van der Waals surface area contributed by atoms with Crippen LogP contribution in [-0.4, -0.2) is 26.0 Å².